The predicted octanol–water partition coefficient (Wildman–Crippen LogP) is 4.89. The molecule has 0 radical (unpaired) electrons. The number of aryl methyl sites for hydroxylation is 1. The Morgan fingerprint density at radius 3 is 2.89 bits per heavy atom. The topological polar surface area (TPSA) is 12.0 Å². The lowest BCUT2D eigenvalue weighted by molar-refractivity contribution is 0.612. The SMILES string of the molecule is Cc1ccc(NC2CCc3c(F)cccc32)cc1Cl. The number of hydrogen-bond acceptors (Lipinski definition) is 1. The molecule has 0 saturated carbocycles. The molecule has 1 atom stereocenters. The molecule has 0 aromatic heterocycles. The number of anilines is 1. The highest BCUT2D eigenvalue weighted by Gasteiger charge is 2.24. The second-order valence-electron chi connectivity index (χ2n) is 5.01. The molecule has 98 valence electrons. The zero-order chi connectivity index (χ0) is 13.4. The number of benzene rings is 2. The van der Waals surface area contributed by atoms with Crippen LogP contribution in [0.2, 0.25) is 5.02 Å². The Morgan fingerprint density at radius 2 is 2.11 bits per heavy atom. The molecule has 3 rings (SSSR count). The van der Waals surface area contributed by atoms with Crippen LogP contribution in [-0.4, -0.2) is 0 Å². The number of halogens is 2. The predicted molar refractivity (Wildman–Crippen MR) is 77.3 cm³/mol. The van der Waals surface area contributed by atoms with Gasteiger partial charge in [-0.2, -0.15) is 0 Å². The van der Waals surface area contributed by atoms with E-state index in [2.05, 4.69) is 5.32 Å². The Morgan fingerprint density at radius 1 is 1.26 bits per heavy atom. The van der Waals surface area contributed by atoms with Crippen LogP contribution >= 0.6 is 11.6 Å². The van der Waals surface area contributed by atoms with Crippen LogP contribution in [0.4, 0.5) is 10.1 Å². The summed E-state index contributed by atoms with van der Waals surface area (Å²) in [6, 6.07) is 11.4. The molecule has 0 spiro atoms. The highest BCUT2D eigenvalue weighted by Crippen LogP contribution is 2.35. The van der Waals surface area contributed by atoms with E-state index in [9.17, 15) is 4.39 Å². The zero-order valence-electron chi connectivity index (χ0n) is 10.7. The van der Waals surface area contributed by atoms with Gasteiger partial charge in [-0.3, -0.25) is 0 Å². The summed E-state index contributed by atoms with van der Waals surface area (Å²) >= 11 is 6.12. The van der Waals surface area contributed by atoms with Crippen molar-refractivity contribution in [3.05, 3.63) is 63.9 Å². The maximum absolute atomic E-state index is 13.7. The third-order valence-corrected chi connectivity index (χ3v) is 4.13. The summed E-state index contributed by atoms with van der Waals surface area (Å²) in [5.41, 5.74) is 3.96. The Balaban J connectivity index is 1.86. The summed E-state index contributed by atoms with van der Waals surface area (Å²) in [5, 5.41) is 4.19. The number of fused-ring (bicyclic) bond motifs is 1. The lowest BCUT2D eigenvalue weighted by atomic mass is 10.1. The smallest absolute Gasteiger partial charge is 0.126 e. The van der Waals surface area contributed by atoms with E-state index in [1.165, 1.54) is 6.07 Å². The Hall–Kier alpha value is -1.54. The molecule has 2 aromatic carbocycles. The molecule has 0 saturated heterocycles. The van der Waals surface area contributed by atoms with Crippen LogP contribution < -0.4 is 5.32 Å². The first-order valence-electron chi connectivity index (χ1n) is 6.45. The molecule has 0 heterocycles. The Kier molecular flexibility index (Phi) is 3.19. The Labute approximate surface area is 117 Å². The maximum atomic E-state index is 13.7. The summed E-state index contributed by atoms with van der Waals surface area (Å²) in [6.07, 6.45) is 1.71. The van der Waals surface area contributed by atoms with Crippen molar-refractivity contribution in [2.75, 3.05) is 5.32 Å². The molecule has 0 amide bonds. The minimum Gasteiger partial charge on any atom is -0.378 e. The molecule has 1 N–H and O–H groups in total. The molecule has 1 aliphatic carbocycles. The van der Waals surface area contributed by atoms with Crippen LogP contribution in [0, 0.1) is 12.7 Å². The minimum absolute atomic E-state index is 0.0938. The average Bonchev–Trinajstić information content (AvgIpc) is 2.79. The highest BCUT2D eigenvalue weighted by atomic mass is 35.5. The monoisotopic (exact) mass is 275 g/mol. The fourth-order valence-corrected chi connectivity index (χ4v) is 2.82. The number of hydrogen-bond donors (Lipinski definition) is 1. The van der Waals surface area contributed by atoms with Gasteiger partial charge in [0.25, 0.3) is 0 Å². The summed E-state index contributed by atoms with van der Waals surface area (Å²) in [6.45, 7) is 1.98. The van der Waals surface area contributed by atoms with Gasteiger partial charge >= 0.3 is 0 Å². The van der Waals surface area contributed by atoms with Crippen molar-refractivity contribution in [3.63, 3.8) is 0 Å². The van der Waals surface area contributed by atoms with Gasteiger partial charge in [0.05, 0.1) is 6.04 Å². The van der Waals surface area contributed by atoms with E-state index >= 15 is 0 Å². The highest BCUT2D eigenvalue weighted by molar-refractivity contribution is 6.31. The third-order valence-electron chi connectivity index (χ3n) is 3.73. The number of nitrogens with one attached hydrogen (secondary N) is 1. The van der Waals surface area contributed by atoms with Crippen molar-refractivity contribution in [2.24, 2.45) is 0 Å². The van der Waals surface area contributed by atoms with Crippen molar-refractivity contribution in [3.8, 4) is 0 Å². The quantitative estimate of drug-likeness (QED) is 0.823. The first-order chi connectivity index (χ1) is 9.15. The van der Waals surface area contributed by atoms with Gasteiger partial charge in [0.1, 0.15) is 5.82 Å². The number of rotatable bonds is 2. The largest absolute Gasteiger partial charge is 0.378 e. The van der Waals surface area contributed by atoms with Crippen LogP contribution in [0.25, 0.3) is 0 Å². The summed E-state index contributed by atoms with van der Waals surface area (Å²) in [5.74, 6) is -0.0938. The van der Waals surface area contributed by atoms with Crippen molar-refractivity contribution >= 4 is 17.3 Å². The van der Waals surface area contributed by atoms with Crippen LogP contribution in [0.15, 0.2) is 36.4 Å². The molecule has 1 nitrogen and oxygen atoms in total. The molecule has 0 bridgehead atoms. The molecule has 0 fully saturated rings. The average molecular weight is 276 g/mol. The van der Waals surface area contributed by atoms with E-state index in [1.807, 2.05) is 31.2 Å². The fourth-order valence-electron chi connectivity index (χ4n) is 2.64. The van der Waals surface area contributed by atoms with Crippen molar-refractivity contribution < 1.29 is 4.39 Å². The normalized spacial score (nSPS) is 17.3. The fraction of sp³-hybridized carbons (Fsp3) is 0.250. The second-order valence-corrected chi connectivity index (χ2v) is 5.41. The second kappa shape index (κ2) is 4.86. The summed E-state index contributed by atoms with van der Waals surface area (Å²) in [4.78, 5) is 0. The van der Waals surface area contributed by atoms with Crippen LogP contribution in [0.5, 0.6) is 0 Å². The van der Waals surface area contributed by atoms with Crippen molar-refractivity contribution in [1.29, 1.82) is 0 Å². The molecule has 2 aromatic rings. The van der Waals surface area contributed by atoms with E-state index in [0.29, 0.717) is 0 Å². The van der Waals surface area contributed by atoms with E-state index < -0.39 is 0 Å². The maximum Gasteiger partial charge on any atom is 0.126 e. The molecular formula is C16H15ClFN. The van der Waals surface area contributed by atoms with Gasteiger partial charge in [0.15, 0.2) is 0 Å². The zero-order valence-corrected chi connectivity index (χ0v) is 11.5. The van der Waals surface area contributed by atoms with E-state index in [4.69, 9.17) is 11.6 Å². The van der Waals surface area contributed by atoms with E-state index in [-0.39, 0.29) is 11.9 Å². The molecule has 0 aliphatic heterocycles. The molecule has 19 heavy (non-hydrogen) atoms. The van der Waals surface area contributed by atoms with Crippen LogP contribution in [0.1, 0.15) is 29.2 Å². The molecule has 3 heteroatoms. The first kappa shape index (κ1) is 12.5. The van der Waals surface area contributed by atoms with Gasteiger partial charge in [0, 0.05) is 10.7 Å². The summed E-state index contributed by atoms with van der Waals surface area (Å²) < 4.78 is 13.7. The summed E-state index contributed by atoms with van der Waals surface area (Å²) in [7, 11) is 0. The molecular weight excluding hydrogens is 261 g/mol. The molecule has 1 aliphatic rings. The third kappa shape index (κ3) is 2.33. The van der Waals surface area contributed by atoms with Gasteiger partial charge in [0.2, 0.25) is 0 Å². The van der Waals surface area contributed by atoms with Crippen molar-refractivity contribution in [2.45, 2.75) is 25.8 Å². The van der Waals surface area contributed by atoms with Gasteiger partial charge in [-0.25, -0.2) is 4.39 Å². The van der Waals surface area contributed by atoms with Gasteiger partial charge in [-0.1, -0.05) is 29.8 Å². The van der Waals surface area contributed by atoms with Gasteiger partial charge in [-0.15, -0.1) is 0 Å². The van der Waals surface area contributed by atoms with Crippen LogP contribution in [-0.2, 0) is 6.42 Å². The van der Waals surface area contributed by atoms with Crippen molar-refractivity contribution in [1.82, 2.24) is 0 Å². The van der Waals surface area contributed by atoms with E-state index in [1.54, 1.807) is 6.07 Å². The standard InChI is InChI=1S/C16H15ClFN/c1-10-5-6-11(9-14(10)17)19-16-8-7-12-13(16)3-2-4-15(12)18/h2-6,9,16,19H,7-8H2,1H3. The minimum atomic E-state index is -0.0938. The van der Waals surface area contributed by atoms with Gasteiger partial charge in [-0.05, 0) is 54.7 Å². The lowest BCUT2D eigenvalue weighted by Gasteiger charge is -2.16. The van der Waals surface area contributed by atoms with E-state index in [0.717, 1.165) is 40.2 Å². The molecule has 1 unspecified atom stereocenters. The van der Waals surface area contributed by atoms with Gasteiger partial charge < -0.3 is 5.32 Å². The first-order valence-corrected chi connectivity index (χ1v) is 6.83. The lowest BCUT2D eigenvalue weighted by Crippen LogP contribution is -2.07. The van der Waals surface area contributed by atoms with Crippen LogP contribution in [0.3, 0.4) is 0 Å². The Bertz CT molecular complexity index is 624.